The number of aldehydes is 1. The van der Waals surface area contributed by atoms with Crippen molar-refractivity contribution in [2.45, 2.75) is 6.92 Å². The number of aromatic amines is 1. The van der Waals surface area contributed by atoms with E-state index in [-0.39, 0.29) is 5.69 Å². The molecule has 0 aromatic carbocycles. The Balaban J connectivity index is 3.15. The van der Waals surface area contributed by atoms with Crippen LogP contribution in [-0.2, 0) is 0 Å². The first kappa shape index (κ1) is 6.29. The smallest absolute Gasteiger partial charge is 0.171 e. The minimum atomic E-state index is 0.272. The molecule has 3 nitrogen and oxygen atoms in total. The van der Waals surface area contributed by atoms with Gasteiger partial charge in [-0.25, -0.2) is 4.98 Å². The molecule has 0 atom stereocenters. The number of nitrogens with one attached hydrogen (secondary N) is 1. The number of carbonyl (C=O) groups is 1. The van der Waals surface area contributed by atoms with E-state index in [1.807, 2.05) is 0 Å². The molecule has 0 saturated heterocycles. The minimum Gasteiger partial charge on any atom is -0.333 e. The Kier molecular flexibility index (Phi) is 1.53. The van der Waals surface area contributed by atoms with Crippen LogP contribution in [0.25, 0.3) is 0 Å². The van der Waals surface area contributed by atoms with Gasteiger partial charge in [0.05, 0.1) is 0 Å². The third-order valence-electron chi connectivity index (χ3n) is 0.915. The predicted molar refractivity (Wildman–Crippen MR) is 33.7 cm³/mol. The zero-order valence-corrected chi connectivity index (χ0v) is 5.57. The molecule has 0 spiro atoms. The molecule has 0 unspecified atom stereocenters. The highest BCUT2D eigenvalue weighted by atomic mass is 35.5. The van der Waals surface area contributed by atoms with Gasteiger partial charge in [0.1, 0.15) is 16.7 Å². The van der Waals surface area contributed by atoms with Gasteiger partial charge in [-0.2, -0.15) is 0 Å². The molecule has 4 heteroatoms. The average Bonchev–Trinajstić information content (AvgIpc) is 2.10. The van der Waals surface area contributed by atoms with Crippen LogP contribution in [0.15, 0.2) is 0 Å². The number of halogens is 1. The summed E-state index contributed by atoms with van der Waals surface area (Å²) in [5.74, 6) is 0.655. The van der Waals surface area contributed by atoms with Gasteiger partial charge in [0, 0.05) is 0 Å². The second-order valence-electron chi connectivity index (χ2n) is 1.64. The van der Waals surface area contributed by atoms with Gasteiger partial charge >= 0.3 is 0 Å². The van der Waals surface area contributed by atoms with Crippen LogP contribution in [0.5, 0.6) is 0 Å². The number of rotatable bonds is 1. The molecular formula is C5H5ClN2O. The maximum atomic E-state index is 10.1. The lowest BCUT2D eigenvalue weighted by molar-refractivity contribution is 0.111. The van der Waals surface area contributed by atoms with E-state index in [0.717, 1.165) is 0 Å². The van der Waals surface area contributed by atoms with Gasteiger partial charge in [0.2, 0.25) is 0 Å². The van der Waals surface area contributed by atoms with Gasteiger partial charge < -0.3 is 4.98 Å². The second-order valence-corrected chi connectivity index (χ2v) is 2.02. The molecule has 0 bridgehead atoms. The molecule has 1 heterocycles. The Bertz CT molecular complexity index is 231. The van der Waals surface area contributed by atoms with Crippen molar-refractivity contribution < 1.29 is 4.79 Å². The second kappa shape index (κ2) is 2.19. The van der Waals surface area contributed by atoms with Crippen LogP contribution in [-0.4, -0.2) is 16.3 Å². The first-order valence-electron chi connectivity index (χ1n) is 2.41. The fourth-order valence-corrected chi connectivity index (χ4v) is 0.782. The number of hydrogen-bond donors (Lipinski definition) is 1. The van der Waals surface area contributed by atoms with Crippen LogP contribution in [0.2, 0.25) is 5.15 Å². The summed E-state index contributed by atoms with van der Waals surface area (Å²) in [5.41, 5.74) is 0.272. The number of H-pyrrole nitrogens is 1. The van der Waals surface area contributed by atoms with E-state index < -0.39 is 0 Å². The monoisotopic (exact) mass is 144 g/mol. The fraction of sp³-hybridized carbons (Fsp3) is 0.200. The van der Waals surface area contributed by atoms with E-state index in [1.165, 1.54) is 0 Å². The van der Waals surface area contributed by atoms with E-state index in [1.54, 1.807) is 6.92 Å². The summed E-state index contributed by atoms with van der Waals surface area (Å²) in [4.78, 5) is 16.5. The van der Waals surface area contributed by atoms with Crippen LogP contribution in [0.1, 0.15) is 16.3 Å². The molecule has 48 valence electrons. The van der Waals surface area contributed by atoms with E-state index in [2.05, 4.69) is 9.97 Å². The molecule has 1 rings (SSSR count). The Morgan fingerprint density at radius 2 is 2.44 bits per heavy atom. The molecule has 0 amide bonds. The first-order chi connectivity index (χ1) is 4.24. The van der Waals surface area contributed by atoms with Crippen molar-refractivity contribution in [3.05, 3.63) is 16.7 Å². The van der Waals surface area contributed by atoms with E-state index >= 15 is 0 Å². The number of carbonyl (C=O) groups excluding carboxylic acids is 1. The molecule has 9 heavy (non-hydrogen) atoms. The molecule has 0 radical (unpaired) electrons. The van der Waals surface area contributed by atoms with Crippen molar-refractivity contribution in [2.75, 3.05) is 0 Å². The van der Waals surface area contributed by atoms with Crippen molar-refractivity contribution in [3.8, 4) is 0 Å². The molecule has 0 aliphatic carbocycles. The predicted octanol–water partition coefficient (Wildman–Crippen LogP) is 1.18. The third-order valence-corrected chi connectivity index (χ3v) is 1.20. The van der Waals surface area contributed by atoms with Crippen LogP contribution in [0.3, 0.4) is 0 Å². The Morgan fingerprint density at radius 3 is 2.67 bits per heavy atom. The number of aryl methyl sites for hydroxylation is 1. The topological polar surface area (TPSA) is 45.8 Å². The lowest BCUT2D eigenvalue weighted by Crippen LogP contribution is -1.78. The van der Waals surface area contributed by atoms with Gasteiger partial charge in [-0.1, -0.05) is 11.6 Å². The highest BCUT2D eigenvalue weighted by Crippen LogP contribution is 2.08. The van der Waals surface area contributed by atoms with Gasteiger partial charge in [-0.15, -0.1) is 0 Å². The lowest BCUT2D eigenvalue weighted by atomic mass is 10.5. The summed E-state index contributed by atoms with van der Waals surface area (Å²) >= 11 is 5.50. The molecule has 1 aromatic heterocycles. The molecule has 0 aliphatic rings. The summed E-state index contributed by atoms with van der Waals surface area (Å²) in [5, 5.41) is 0.308. The van der Waals surface area contributed by atoms with Gasteiger partial charge in [-0.3, -0.25) is 4.79 Å². The van der Waals surface area contributed by atoms with Crippen LogP contribution >= 0.6 is 11.6 Å². The third kappa shape index (κ3) is 1.10. The zero-order chi connectivity index (χ0) is 6.85. The van der Waals surface area contributed by atoms with E-state index in [0.29, 0.717) is 17.3 Å². The molecule has 1 aromatic rings. The van der Waals surface area contributed by atoms with Crippen LogP contribution in [0, 0.1) is 6.92 Å². The maximum absolute atomic E-state index is 10.1. The number of hydrogen-bond acceptors (Lipinski definition) is 2. The van der Waals surface area contributed by atoms with Crippen molar-refractivity contribution in [3.63, 3.8) is 0 Å². The molecular weight excluding hydrogens is 140 g/mol. The van der Waals surface area contributed by atoms with Gasteiger partial charge in [-0.05, 0) is 6.92 Å². The summed E-state index contributed by atoms with van der Waals surface area (Å²) in [6, 6.07) is 0. The minimum absolute atomic E-state index is 0.272. The lowest BCUT2D eigenvalue weighted by Gasteiger charge is -1.75. The van der Waals surface area contributed by atoms with E-state index in [4.69, 9.17) is 11.6 Å². The summed E-state index contributed by atoms with van der Waals surface area (Å²) < 4.78 is 0. The SMILES string of the molecule is Cc1nc(C=O)c(Cl)[nH]1. The largest absolute Gasteiger partial charge is 0.333 e. The summed E-state index contributed by atoms with van der Waals surface area (Å²) in [6.07, 6.45) is 0.617. The Hall–Kier alpha value is -0.830. The fourth-order valence-electron chi connectivity index (χ4n) is 0.559. The normalized spacial score (nSPS) is 9.56. The summed E-state index contributed by atoms with van der Waals surface area (Å²) in [7, 11) is 0. The zero-order valence-electron chi connectivity index (χ0n) is 4.81. The number of imidazole rings is 1. The number of nitrogens with zero attached hydrogens (tertiary/aromatic N) is 1. The van der Waals surface area contributed by atoms with Crippen molar-refractivity contribution in [2.24, 2.45) is 0 Å². The molecule has 1 N–H and O–H groups in total. The van der Waals surface area contributed by atoms with Crippen LogP contribution < -0.4 is 0 Å². The highest BCUT2D eigenvalue weighted by molar-refractivity contribution is 6.31. The number of aromatic nitrogens is 2. The maximum Gasteiger partial charge on any atom is 0.171 e. The molecule has 0 fully saturated rings. The van der Waals surface area contributed by atoms with Gasteiger partial charge in [0.15, 0.2) is 6.29 Å². The van der Waals surface area contributed by atoms with Crippen molar-refractivity contribution >= 4 is 17.9 Å². The first-order valence-corrected chi connectivity index (χ1v) is 2.79. The van der Waals surface area contributed by atoms with Gasteiger partial charge in [0.25, 0.3) is 0 Å². The van der Waals surface area contributed by atoms with E-state index in [9.17, 15) is 4.79 Å². The molecule has 0 aliphatic heterocycles. The molecule has 0 saturated carbocycles. The van der Waals surface area contributed by atoms with Crippen LogP contribution in [0.4, 0.5) is 0 Å². The van der Waals surface area contributed by atoms with Crippen molar-refractivity contribution in [1.82, 2.24) is 9.97 Å². The average molecular weight is 145 g/mol. The standard InChI is InChI=1S/C5H5ClN2O/c1-3-7-4(2-9)5(6)8-3/h2H,1H3,(H,7,8). The summed E-state index contributed by atoms with van der Waals surface area (Å²) in [6.45, 7) is 1.74. The highest BCUT2D eigenvalue weighted by Gasteiger charge is 2.01. The Labute approximate surface area is 57.1 Å². The quantitative estimate of drug-likeness (QED) is 0.602. The van der Waals surface area contributed by atoms with Crippen molar-refractivity contribution in [1.29, 1.82) is 0 Å². The Morgan fingerprint density at radius 1 is 1.78 bits per heavy atom.